The highest BCUT2D eigenvalue weighted by Crippen LogP contribution is 2.40. The highest BCUT2D eigenvalue weighted by atomic mass is 16.3. The second kappa shape index (κ2) is 7.74. The molecular weight excluding hydrogens is 356 g/mol. The number of aromatic hydroxyl groups is 1. The molecule has 3 fully saturated rings. The number of aliphatic hydroxyl groups excluding tert-OH is 1. The molecule has 1 saturated carbocycles. The van der Waals surface area contributed by atoms with Crippen LogP contribution in [0.4, 0.5) is 0 Å². The maximum absolute atomic E-state index is 13.6. The van der Waals surface area contributed by atoms with Gasteiger partial charge in [-0.25, -0.2) is 0 Å². The van der Waals surface area contributed by atoms with Crippen molar-refractivity contribution in [1.29, 1.82) is 0 Å². The van der Waals surface area contributed by atoms with Crippen molar-refractivity contribution < 1.29 is 19.8 Å². The number of carbonyl (C=O) groups excluding carboxylic acids is 2. The van der Waals surface area contributed by atoms with E-state index >= 15 is 0 Å². The van der Waals surface area contributed by atoms with Crippen LogP contribution in [0.15, 0.2) is 24.3 Å². The lowest BCUT2D eigenvalue weighted by atomic mass is 9.82. The molecule has 0 bridgehead atoms. The van der Waals surface area contributed by atoms with Crippen molar-refractivity contribution in [3.8, 4) is 5.75 Å². The molecule has 6 nitrogen and oxygen atoms in total. The molecule has 1 aromatic carbocycles. The van der Waals surface area contributed by atoms with Gasteiger partial charge in [-0.1, -0.05) is 12.1 Å². The molecule has 0 aromatic heterocycles. The predicted molar refractivity (Wildman–Crippen MR) is 105 cm³/mol. The van der Waals surface area contributed by atoms with E-state index in [-0.39, 0.29) is 36.1 Å². The first-order chi connectivity index (χ1) is 13.5. The number of nitrogens with zero attached hydrogens (tertiary/aromatic N) is 2. The zero-order valence-corrected chi connectivity index (χ0v) is 16.3. The lowest BCUT2D eigenvalue weighted by Crippen LogP contribution is -2.63. The van der Waals surface area contributed by atoms with Crippen LogP contribution in [0.5, 0.6) is 5.75 Å². The largest absolute Gasteiger partial charge is 0.508 e. The lowest BCUT2D eigenvalue weighted by molar-refractivity contribution is -0.158. The Morgan fingerprint density at radius 2 is 1.68 bits per heavy atom. The third-order valence-corrected chi connectivity index (χ3v) is 6.84. The minimum absolute atomic E-state index is 0.00236. The molecule has 4 rings (SSSR count). The van der Waals surface area contributed by atoms with Gasteiger partial charge >= 0.3 is 0 Å². The number of phenols is 1. The van der Waals surface area contributed by atoms with E-state index in [1.54, 1.807) is 24.3 Å². The number of amides is 2. The Bertz CT molecular complexity index is 727. The van der Waals surface area contributed by atoms with Crippen LogP contribution in [0, 0.1) is 0 Å². The number of likely N-dealkylation sites (tertiary alicyclic amines) is 2. The summed E-state index contributed by atoms with van der Waals surface area (Å²) in [5.41, 5.74) is 0.175. The summed E-state index contributed by atoms with van der Waals surface area (Å²) in [4.78, 5) is 30.5. The second-order valence-electron chi connectivity index (χ2n) is 8.59. The zero-order chi connectivity index (χ0) is 19.7. The van der Waals surface area contributed by atoms with Crippen LogP contribution in [0.2, 0.25) is 0 Å². The third kappa shape index (κ3) is 3.50. The van der Waals surface area contributed by atoms with E-state index < -0.39 is 5.54 Å². The summed E-state index contributed by atoms with van der Waals surface area (Å²) >= 11 is 0. The molecule has 2 heterocycles. The molecule has 1 aliphatic carbocycles. The highest BCUT2D eigenvalue weighted by Gasteiger charge is 2.53. The molecular formula is C22H30N2O4. The van der Waals surface area contributed by atoms with Gasteiger partial charge in [0.15, 0.2) is 0 Å². The first kappa shape index (κ1) is 19.2. The van der Waals surface area contributed by atoms with Gasteiger partial charge in [-0.3, -0.25) is 9.59 Å². The van der Waals surface area contributed by atoms with Crippen molar-refractivity contribution in [2.45, 2.75) is 75.5 Å². The fourth-order valence-electron chi connectivity index (χ4n) is 5.34. The summed E-state index contributed by atoms with van der Waals surface area (Å²) in [7, 11) is 0. The van der Waals surface area contributed by atoms with Crippen LogP contribution in [0.3, 0.4) is 0 Å². The molecule has 6 heteroatoms. The maximum atomic E-state index is 13.6. The van der Waals surface area contributed by atoms with Gasteiger partial charge in [0.25, 0.3) is 0 Å². The van der Waals surface area contributed by atoms with Gasteiger partial charge in [0.05, 0.1) is 12.5 Å². The van der Waals surface area contributed by atoms with Crippen molar-refractivity contribution in [3.05, 3.63) is 29.8 Å². The lowest BCUT2D eigenvalue weighted by Gasteiger charge is -2.48. The molecule has 2 amide bonds. The molecule has 1 atom stereocenters. The first-order valence-corrected chi connectivity index (χ1v) is 10.6. The Hall–Kier alpha value is -2.08. The summed E-state index contributed by atoms with van der Waals surface area (Å²) in [6, 6.07) is 6.90. The van der Waals surface area contributed by atoms with Crippen LogP contribution >= 0.6 is 0 Å². The van der Waals surface area contributed by atoms with Crippen LogP contribution in [-0.2, 0) is 16.0 Å². The van der Waals surface area contributed by atoms with E-state index in [4.69, 9.17) is 0 Å². The topological polar surface area (TPSA) is 81.1 Å². The van der Waals surface area contributed by atoms with Crippen LogP contribution in [0.25, 0.3) is 0 Å². The second-order valence-corrected chi connectivity index (χ2v) is 8.59. The molecule has 3 aliphatic rings. The molecule has 2 saturated heterocycles. The Labute approximate surface area is 166 Å². The third-order valence-electron chi connectivity index (χ3n) is 6.84. The number of hydrogen-bond donors (Lipinski definition) is 2. The number of aliphatic hydroxyl groups is 1. The summed E-state index contributed by atoms with van der Waals surface area (Å²) in [5.74, 6) is 0.304. The normalized spacial score (nSPS) is 30.8. The number of rotatable bonds is 3. The standard InChI is InChI=1S/C22H30N2O4/c25-18-7-3-16(4-8-18)15-20(27)24-14-2-12-22(24)11-1-13-23(21(22)28)17-5-9-19(26)10-6-17/h3-4,7-8,17,19,25-26H,1-2,5-6,9-15H2. The van der Waals surface area contributed by atoms with E-state index in [1.807, 2.05) is 9.80 Å². The summed E-state index contributed by atoms with van der Waals surface area (Å²) in [6.45, 7) is 1.40. The Balaban J connectivity index is 1.50. The molecule has 152 valence electrons. The van der Waals surface area contributed by atoms with E-state index in [2.05, 4.69) is 0 Å². The fourth-order valence-corrected chi connectivity index (χ4v) is 5.34. The molecule has 1 aromatic rings. The molecule has 2 aliphatic heterocycles. The average Bonchev–Trinajstić information content (AvgIpc) is 3.11. The Morgan fingerprint density at radius 3 is 2.36 bits per heavy atom. The zero-order valence-electron chi connectivity index (χ0n) is 16.3. The molecule has 28 heavy (non-hydrogen) atoms. The van der Waals surface area contributed by atoms with Gasteiger partial charge in [0.2, 0.25) is 11.8 Å². The highest BCUT2D eigenvalue weighted by molar-refractivity contribution is 5.93. The smallest absolute Gasteiger partial charge is 0.248 e. The van der Waals surface area contributed by atoms with Crippen molar-refractivity contribution >= 4 is 11.8 Å². The van der Waals surface area contributed by atoms with E-state index in [0.29, 0.717) is 6.54 Å². The van der Waals surface area contributed by atoms with E-state index in [0.717, 1.165) is 63.5 Å². The van der Waals surface area contributed by atoms with E-state index in [9.17, 15) is 19.8 Å². The Kier molecular flexibility index (Phi) is 5.32. The van der Waals surface area contributed by atoms with Crippen molar-refractivity contribution in [3.63, 3.8) is 0 Å². The molecule has 1 unspecified atom stereocenters. The number of phenolic OH excluding ortho intramolecular Hbond substituents is 1. The van der Waals surface area contributed by atoms with Gasteiger partial charge in [-0.2, -0.15) is 0 Å². The van der Waals surface area contributed by atoms with Gasteiger partial charge in [-0.05, 0) is 69.1 Å². The van der Waals surface area contributed by atoms with Crippen LogP contribution in [-0.4, -0.2) is 62.6 Å². The minimum atomic E-state index is -0.678. The van der Waals surface area contributed by atoms with Crippen LogP contribution in [0.1, 0.15) is 56.9 Å². The SMILES string of the molecule is O=C(Cc1ccc(O)cc1)N1CCCC12CCCN(C1CCC(O)CC1)C2=O. The average molecular weight is 386 g/mol. The Morgan fingerprint density at radius 1 is 1.04 bits per heavy atom. The van der Waals surface area contributed by atoms with Crippen molar-refractivity contribution in [2.75, 3.05) is 13.1 Å². The summed E-state index contributed by atoms with van der Waals surface area (Å²) in [6.07, 6.45) is 6.52. The van der Waals surface area contributed by atoms with Gasteiger partial charge in [0.1, 0.15) is 11.3 Å². The molecule has 0 radical (unpaired) electrons. The molecule has 2 N–H and O–H groups in total. The minimum Gasteiger partial charge on any atom is -0.508 e. The number of piperidine rings is 1. The number of hydrogen-bond acceptors (Lipinski definition) is 4. The fraction of sp³-hybridized carbons (Fsp3) is 0.636. The quantitative estimate of drug-likeness (QED) is 0.835. The maximum Gasteiger partial charge on any atom is 0.248 e. The summed E-state index contributed by atoms with van der Waals surface area (Å²) in [5, 5.41) is 19.2. The van der Waals surface area contributed by atoms with Crippen LogP contribution < -0.4 is 0 Å². The van der Waals surface area contributed by atoms with Gasteiger partial charge in [-0.15, -0.1) is 0 Å². The number of benzene rings is 1. The monoisotopic (exact) mass is 386 g/mol. The van der Waals surface area contributed by atoms with Crippen molar-refractivity contribution in [1.82, 2.24) is 9.80 Å². The van der Waals surface area contributed by atoms with Gasteiger partial charge in [0, 0.05) is 19.1 Å². The molecule has 1 spiro atoms. The first-order valence-electron chi connectivity index (χ1n) is 10.6. The predicted octanol–water partition coefficient (Wildman–Crippen LogP) is 2.22. The number of carbonyl (C=O) groups is 2. The van der Waals surface area contributed by atoms with Crippen molar-refractivity contribution in [2.24, 2.45) is 0 Å². The summed E-state index contributed by atoms with van der Waals surface area (Å²) < 4.78 is 0. The van der Waals surface area contributed by atoms with Gasteiger partial charge < -0.3 is 20.0 Å². The van der Waals surface area contributed by atoms with E-state index in [1.165, 1.54) is 0 Å².